The van der Waals surface area contributed by atoms with Crippen molar-refractivity contribution in [2.75, 3.05) is 26.9 Å². The van der Waals surface area contributed by atoms with Gasteiger partial charge in [-0.15, -0.1) is 0 Å². The number of hydrogen-bond acceptors (Lipinski definition) is 9. The first-order chi connectivity index (χ1) is 23.2. The first-order valence-electron chi connectivity index (χ1n) is 17.3. The second-order valence-corrected chi connectivity index (χ2v) is 13.8. The minimum absolute atomic E-state index is 0.0609. The number of Topliss-reactive ketones (excluding diaryl/α,β-unsaturated/α-hetero) is 2. The van der Waals surface area contributed by atoms with Gasteiger partial charge in [-0.2, -0.15) is 0 Å². The fraction of sp³-hybridized carbons (Fsp3) is 0.526. The van der Waals surface area contributed by atoms with Gasteiger partial charge in [-0.3, -0.25) is 9.59 Å². The number of rotatable bonds is 16. The van der Waals surface area contributed by atoms with Crippen molar-refractivity contribution >= 4 is 11.6 Å². The summed E-state index contributed by atoms with van der Waals surface area (Å²) in [5.74, 6) is 0.235. The number of methoxy groups -OCH3 is 1. The van der Waals surface area contributed by atoms with Gasteiger partial charge in [0.1, 0.15) is 5.82 Å². The Labute approximate surface area is 282 Å². The first kappa shape index (κ1) is 35.4. The lowest BCUT2D eigenvalue weighted by molar-refractivity contribution is -0.138. The molecule has 0 saturated heterocycles. The second kappa shape index (κ2) is 16.0. The van der Waals surface area contributed by atoms with E-state index < -0.39 is 29.0 Å². The molecule has 5 rings (SSSR count). The average Bonchev–Trinajstić information content (AvgIpc) is 3.60. The lowest BCUT2D eigenvalue weighted by atomic mass is 9.61. The molecule has 1 aromatic carbocycles. The van der Waals surface area contributed by atoms with Crippen molar-refractivity contribution < 1.29 is 34.8 Å². The summed E-state index contributed by atoms with van der Waals surface area (Å²) in [6, 6.07) is 7.35. The highest BCUT2D eigenvalue weighted by molar-refractivity contribution is 6.05. The Morgan fingerprint density at radius 1 is 1.12 bits per heavy atom. The Morgan fingerprint density at radius 3 is 2.60 bits per heavy atom. The molecule has 8 N–H and O–H groups in total. The van der Waals surface area contributed by atoms with Crippen molar-refractivity contribution in [1.29, 1.82) is 0 Å². The van der Waals surface area contributed by atoms with Crippen molar-refractivity contribution in [2.24, 2.45) is 23.0 Å². The van der Waals surface area contributed by atoms with Gasteiger partial charge in [0.25, 0.3) is 0 Å². The number of aromatic amines is 1. The van der Waals surface area contributed by atoms with Gasteiger partial charge in [0.15, 0.2) is 29.2 Å². The smallest absolute Gasteiger partial charge is 0.170 e. The van der Waals surface area contributed by atoms with Gasteiger partial charge in [0, 0.05) is 60.4 Å². The van der Waals surface area contributed by atoms with Gasteiger partial charge < -0.3 is 41.2 Å². The fourth-order valence-corrected chi connectivity index (χ4v) is 8.02. The number of carbonyl (C=O) groups is 2. The van der Waals surface area contributed by atoms with Crippen LogP contribution >= 0.6 is 0 Å². The predicted octanol–water partition coefficient (Wildman–Crippen LogP) is 4.09. The Balaban J connectivity index is 1.31. The zero-order valence-corrected chi connectivity index (χ0v) is 27.9. The first-order valence-corrected chi connectivity index (χ1v) is 17.3. The number of phenolic OH excluding ortho intramolecular Hbond substituents is 1. The molecule has 0 radical (unpaired) electrons. The number of phenols is 1. The van der Waals surface area contributed by atoms with Crippen LogP contribution in [0.25, 0.3) is 0 Å². The zero-order valence-electron chi connectivity index (χ0n) is 27.9. The number of hydrogen-bond donors (Lipinski definition) is 7. The number of aromatic hydroxyl groups is 1. The van der Waals surface area contributed by atoms with E-state index in [1.165, 1.54) is 7.11 Å². The molecule has 1 saturated carbocycles. The van der Waals surface area contributed by atoms with E-state index in [1.54, 1.807) is 6.07 Å². The minimum atomic E-state index is -1.67. The third-order valence-corrected chi connectivity index (χ3v) is 10.6. The predicted molar refractivity (Wildman–Crippen MR) is 183 cm³/mol. The van der Waals surface area contributed by atoms with E-state index in [2.05, 4.69) is 10.3 Å². The van der Waals surface area contributed by atoms with Crippen LogP contribution in [0.1, 0.15) is 80.5 Å². The van der Waals surface area contributed by atoms with Crippen molar-refractivity contribution in [2.45, 2.75) is 82.7 Å². The van der Waals surface area contributed by atoms with Crippen molar-refractivity contribution in [1.82, 2.24) is 10.3 Å². The molecule has 2 aromatic rings. The number of fused-ring (bicyclic) bond motifs is 1. The van der Waals surface area contributed by atoms with E-state index in [9.17, 15) is 30.0 Å². The summed E-state index contributed by atoms with van der Waals surface area (Å²) < 4.78 is 5.58. The SMILES string of the molecule is COc1cc(CCC(=O)C(O)C(=O)CCCC2CCCC(CCO)C2)cc(C2C3=CCNC(N)=C3C=CC2(CO)Cc2ccc[nH]2)c1O. The molecule has 1 aromatic heterocycles. The van der Waals surface area contributed by atoms with Crippen LogP contribution in [0.4, 0.5) is 0 Å². The minimum Gasteiger partial charge on any atom is -0.504 e. The van der Waals surface area contributed by atoms with Crippen LogP contribution in [0, 0.1) is 17.3 Å². The molecule has 3 aliphatic rings. The number of H-pyrrole nitrogens is 1. The van der Waals surface area contributed by atoms with Crippen molar-refractivity contribution in [3.8, 4) is 11.5 Å². The maximum atomic E-state index is 13.0. The van der Waals surface area contributed by atoms with Gasteiger partial charge in [-0.05, 0) is 73.3 Å². The van der Waals surface area contributed by atoms with Crippen molar-refractivity contribution in [3.63, 3.8) is 0 Å². The number of carbonyl (C=O) groups excluding carboxylic acids is 2. The van der Waals surface area contributed by atoms with Gasteiger partial charge in [0.2, 0.25) is 0 Å². The van der Waals surface area contributed by atoms with E-state index in [1.807, 2.05) is 42.6 Å². The molecule has 10 heteroatoms. The van der Waals surface area contributed by atoms with Gasteiger partial charge in [0.05, 0.1) is 13.7 Å². The zero-order chi connectivity index (χ0) is 34.3. The van der Waals surface area contributed by atoms with E-state index in [0.717, 1.165) is 55.4 Å². The Bertz CT molecular complexity index is 1530. The number of aromatic nitrogens is 1. The lowest BCUT2D eigenvalue weighted by Crippen LogP contribution is -2.40. The monoisotopic (exact) mass is 661 g/mol. The van der Waals surface area contributed by atoms with Crippen LogP contribution in [0.3, 0.4) is 0 Å². The quantitative estimate of drug-likeness (QED) is 0.131. The summed E-state index contributed by atoms with van der Waals surface area (Å²) in [6.07, 6.45) is 13.6. The van der Waals surface area contributed by atoms with E-state index in [4.69, 9.17) is 10.5 Å². The van der Waals surface area contributed by atoms with E-state index in [0.29, 0.717) is 48.2 Å². The molecular formula is C38H51N3O7. The van der Waals surface area contributed by atoms with Crippen molar-refractivity contribution in [3.05, 3.63) is 82.5 Å². The molecule has 2 aliphatic carbocycles. The van der Waals surface area contributed by atoms with Crippen LogP contribution in [0.2, 0.25) is 0 Å². The number of aliphatic hydroxyl groups excluding tert-OH is 3. The number of benzene rings is 1. The number of aryl methyl sites for hydroxylation is 1. The van der Waals surface area contributed by atoms with Crippen LogP contribution in [-0.2, 0) is 22.4 Å². The summed E-state index contributed by atoms with van der Waals surface area (Å²) in [5.41, 5.74) is 9.33. The molecule has 5 unspecified atom stereocenters. The van der Waals surface area contributed by atoms with E-state index in [-0.39, 0.29) is 44.0 Å². The number of nitrogens with two attached hydrogens (primary N) is 1. The number of ketones is 2. The summed E-state index contributed by atoms with van der Waals surface area (Å²) in [7, 11) is 1.46. The number of nitrogens with one attached hydrogen (secondary N) is 2. The molecule has 0 spiro atoms. The normalized spacial score (nSPS) is 24.4. The molecule has 5 atom stereocenters. The van der Waals surface area contributed by atoms with Crippen LogP contribution in [0.5, 0.6) is 11.5 Å². The van der Waals surface area contributed by atoms with Gasteiger partial charge >= 0.3 is 0 Å². The number of aliphatic hydroxyl groups is 3. The highest BCUT2D eigenvalue weighted by atomic mass is 16.5. The molecular weight excluding hydrogens is 610 g/mol. The summed E-state index contributed by atoms with van der Waals surface area (Å²) >= 11 is 0. The Hall–Kier alpha value is -3.86. The standard InChI is InChI=1S/C38H51N3O7/c1-48-33-21-26(10-11-32(45)36(47)31(44)9-3-7-24-5-2-6-25(19-24)14-18-42)20-30(35(33)46)34-28-13-17-41-37(39)29(28)12-15-38(34,23-43)22-27-8-4-16-40-27/h4,8,12-13,15-16,20-21,24-25,34,36,40-43,46-47H,2-3,5-7,9-11,14,17-19,22-23,39H2,1H3. The molecule has 2 heterocycles. The third-order valence-electron chi connectivity index (χ3n) is 10.6. The van der Waals surface area contributed by atoms with Crippen LogP contribution in [0.15, 0.2) is 65.7 Å². The summed E-state index contributed by atoms with van der Waals surface area (Å²) in [4.78, 5) is 29.1. The number of ether oxygens (including phenoxy) is 1. The lowest BCUT2D eigenvalue weighted by Gasteiger charge is -2.43. The summed E-state index contributed by atoms with van der Waals surface area (Å²) in [5, 5.41) is 45.6. The molecule has 0 amide bonds. The number of dihydropyridines is 1. The van der Waals surface area contributed by atoms with Gasteiger partial charge in [-0.1, -0.05) is 50.0 Å². The molecule has 1 aliphatic heterocycles. The third kappa shape index (κ3) is 7.88. The number of allylic oxidation sites excluding steroid dienone is 3. The maximum Gasteiger partial charge on any atom is 0.170 e. The molecule has 0 bridgehead atoms. The molecule has 1 fully saturated rings. The molecule has 260 valence electrons. The molecule has 48 heavy (non-hydrogen) atoms. The topological polar surface area (TPSA) is 178 Å². The summed E-state index contributed by atoms with van der Waals surface area (Å²) in [6.45, 7) is 0.483. The fourth-order valence-electron chi connectivity index (χ4n) is 8.02. The maximum absolute atomic E-state index is 13.0. The van der Waals surface area contributed by atoms with Gasteiger partial charge in [-0.25, -0.2) is 0 Å². The average molecular weight is 662 g/mol. The van der Waals surface area contributed by atoms with E-state index >= 15 is 0 Å². The highest BCUT2D eigenvalue weighted by Gasteiger charge is 2.45. The molecule has 10 nitrogen and oxygen atoms in total. The Kier molecular flexibility index (Phi) is 11.8. The van der Waals surface area contributed by atoms with Crippen LogP contribution < -0.4 is 15.8 Å². The van der Waals surface area contributed by atoms with Crippen LogP contribution in [-0.4, -0.2) is 69.9 Å². The Morgan fingerprint density at radius 2 is 1.90 bits per heavy atom. The highest BCUT2D eigenvalue weighted by Crippen LogP contribution is 2.54. The second-order valence-electron chi connectivity index (χ2n) is 13.8. The largest absolute Gasteiger partial charge is 0.504 e.